The summed E-state index contributed by atoms with van der Waals surface area (Å²) in [7, 11) is 0. The van der Waals surface area contributed by atoms with Gasteiger partial charge in [0, 0.05) is 0 Å². The molecule has 0 saturated carbocycles. The number of anilines is 2. The monoisotopic (exact) mass is 270 g/mol. The molecule has 0 unspecified atom stereocenters. The highest BCUT2D eigenvalue weighted by atomic mass is 127. The van der Waals surface area contributed by atoms with Gasteiger partial charge in [-0.15, -0.1) is 0 Å². The van der Waals surface area contributed by atoms with Crippen molar-refractivity contribution >= 4 is 34.0 Å². The molecular weight excluding hydrogens is 265 g/mol. The quantitative estimate of drug-likeness (QED) is 0.428. The maximum atomic E-state index is 12.7. The van der Waals surface area contributed by atoms with Gasteiger partial charge in [0.15, 0.2) is 11.6 Å². The molecule has 0 aliphatic carbocycles. The summed E-state index contributed by atoms with van der Waals surface area (Å²) in [6.45, 7) is 0. The second-order valence-corrected chi connectivity index (χ2v) is 3.08. The van der Waals surface area contributed by atoms with E-state index in [9.17, 15) is 8.78 Å². The molecule has 1 aromatic carbocycles. The lowest BCUT2D eigenvalue weighted by atomic mass is 10.2. The van der Waals surface area contributed by atoms with E-state index in [4.69, 9.17) is 11.5 Å². The Balaban J connectivity index is 3.46. The summed E-state index contributed by atoms with van der Waals surface area (Å²) in [5.41, 5.74) is 10.1. The number of nitrogens with two attached hydrogens (primary N) is 2. The smallest absolute Gasteiger partial charge is 0.162 e. The van der Waals surface area contributed by atoms with Crippen molar-refractivity contribution in [3.63, 3.8) is 0 Å². The molecule has 5 heteroatoms. The number of benzene rings is 1. The molecule has 0 saturated heterocycles. The van der Waals surface area contributed by atoms with Crippen molar-refractivity contribution in [2.24, 2.45) is 0 Å². The van der Waals surface area contributed by atoms with Crippen molar-refractivity contribution < 1.29 is 8.78 Å². The van der Waals surface area contributed by atoms with Crippen LogP contribution in [0.2, 0.25) is 0 Å². The second-order valence-electron chi connectivity index (χ2n) is 2.00. The summed E-state index contributed by atoms with van der Waals surface area (Å²) in [6.07, 6.45) is 0. The molecular formula is C6H5F2IN2. The third kappa shape index (κ3) is 1.37. The molecule has 0 amide bonds. The molecule has 0 aromatic heterocycles. The van der Waals surface area contributed by atoms with Crippen LogP contribution in [-0.4, -0.2) is 0 Å². The average molecular weight is 270 g/mol. The van der Waals surface area contributed by atoms with Gasteiger partial charge in [0.2, 0.25) is 0 Å². The summed E-state index contributed by atoms with van der Waals surface area (Å²) in [6, 6.07) is 1.06. The summed E-state index contributed by atoms with van der Waals surface area (Å²) in [5.74, 6) is -1.50. The zero-order chi connectivity index (χ0) is 8.59. The normalized spacial score (nSPS) is 10.1. The Morgan fingerprint density at radius 3 is 1.82 bits per heavy atom. The minimum absolute atomic E-state index is 0.131. The highest BCUT2D eigenvalue weighted by molar-refractivity contribution is 14.1. The number of hydrogen-bond donors (Lipinski definition) is 2. The largest absolute Gasteiger partial charge is 0.396 e. The van der Waals surface area contributed by atoms with Crippen LogP contribution in [0.3, 0.4) is 0 Å². The van der Waals surface area contributed by atoms with Crippen LogP contribution in [0.5, 0.6) is 0 Å². The Morgan fingerprint density at radius 2 is 1.45 bits per heavy atom. The molecule has 0 bridgehead atoms. The molecule has 60 valence electrons. The zero-order valence-electron chi connectivity index (χ0n) is 5.37. The third-order valence-electron chi connectivity index (χ3n) is 1.20. The zero-order valence-corrected chi connectivity index (χ0v) is 7.52. The molecule has 0 heterocycles. The minimum Gasteiger partial charge on any atom is -0.396 e. The Hall–Kier alpha value is -0.590. The van der Waals surface area contributed by atoms with Crippen molar-refractivity contribution in [3.05, 3.63) is 21.3 Å². The topological polar surface area (TPSA) is 52.0 Å². The van der Waals surface area contributed by atoms with Gasteiger partial charge in [0.05, 0.1) is 14.9 Å². The van der Waals surface area contributed by atoms with Crippen molar-refractivity contribution in [2.75, 3.05) is 11.5 Å². The first-order valence-electron chi connectivity index (χ1n) is 2.72. The SMILES string of the molecule is Nc1cc(N)c(F)c(I)c1F. The first kappa shape index (κ1) is 8.51. The van der Waals surface area contributed by atoms with Crippen LogP contribution < -0.4 is 11.5 Å². The summed E-state index contributed by atoms with van der Waals surface area (Å²) < 4.78 is 25.3. The predicted octanol–water partition coefficient (Wildman–Crippen LogP) is 1.73. The molecule has 4 N–H and O–H groups in total. The van der Waals surface area contributed by atoms with Gasteiger partial charge in [-0.25, -0.2) is 8.78 Å². The Bertz CT molecular complexity index is 275. The van der Waals surface area contributed by atoms with E-state index in [1.54, 1.807) is 0 Å². The fraction of sp³-hybridized carbons (Fsp3) is 0. The molecule has 1 aromatic rings. The van der Waals surface area contributed by atoms with E-state index in [-0.39, 0.29) is 14.9 Å². The fourth-order valence-electron chi connectivity index (χ4n) is 0.644. The van der Waals surface area contributed by atoms with Crippen LogP contribution in [0.25, 0.3) is 0 Å². The number of nitrogen functional groups attached to an aromatic ring is 2. The molecule has 0 atom stereocenters. The van der Waals surface area contributed by atoms with E-state index in [0.717, 1.165) is 6.07 Å². The van der Waals surface area contributed by atoms with Crippen molar-refractivity contribution in [3.8, 4) is 0 Å². The molecule has 0 spiro atoms. The maximum Gasteiger partial charge on any atom is 0.162 e. The highest BCUT2D eigenvalue weighted by Gasteiger charge is 2.12. The first-order valence-corrected chi connectivity index (χ1v) is 3.80. The highest BCUT2D eigenvalue weighted by Crippen LogP contribution is 2.25. The van der Waals surface area contributed by atoms with Crippen LogP contribution >= 0.6 is 22.6 Å². The Labute approximate surface area is 75.7 Å². The van der Waals surface area contributed by atoms with E-state index in [1.807, 2.05) is 0 Å². The van der Waals surface area contributed by atoms with Crippen LogP contribution in [0, 0.1) is 15.2 Å². The van der Waals surface area contributed by atoms with E-state index < -0.39 is 11.6 Å². The maximum absolute atomic E-state index is 12.7. The van der Waals surface area contributed by atoms with E-state index in [2.05, 4.69) is 0 Å². The average Bonchev–Trinajstić information content (AvgIpc) is 1.97. The van der Waals surface area contributed by atoms with E-state index in [0.29, 0.717) is 0 Å². The Kier molecular flexibility index (Phi) is 2.17. The standard InChI is InChI=1S/C6H5F2IN2/c7-4-2(10)1-3(11)5(8)6(4)9/h1H,10-11H2. The molecule has 0 aliphatic rings. The number of rotatable bonds is 0. The number of hydrogen-bond acceptors (Lipinski definition) is 2. The van der Waals surface area contributed by atoms with E-state index in [1.165, 1.54) is 22.6 Å². The summed E-state index contributed by atoms with van der Waals surface area (Å²) in [4.78, 5) is 0. The lowest BCUT2D eigenvalue weighted by Crippen LogP contribution is -2.01. The molecule has 1 rings (SSSR count). The lowest BCUT2D eigenvalue weighted by Gasteiger charge is -2.02. The molecule has 0 fully saturated rings. The van der Waals surface area contributed by atoms with Gasteiger partial charge in [-0.2, -0.15) is 0 Å². The fourth-order valence-corrected chi connectivity index (χ4v) is 1.27. The van der Waals surface area contributed by atoms with Crippen LogP contribution in [0.15, 0.2) is 6.07 Å². The predicted molar refractivity (Wildman–Crippen MR) is 47.9 cm³/mol. The van der Waals surface area contributed by atoms with Crippen molar-refractivity contribution in [1.29, 1.82) is 0 Å². The minimum atomic E-state index is -0.752. The molecule has 0 radical (unpaired) electrons. The summed E-state index contributed by atoms with van der Waals surface area (Å²) >= 11 is 1.51. The van der Waals surface area contributed by atoms with Crippen LogP contribution in [-0.2, 0) is 0 Å². The lowest BCUT2D eigenvalue weighted by molar-refractivity contribution is 0.576. The second kappa shape index (κ2) is 2.80. The van der Waals surface area contributed by atoms with E-state index >= 15 is 0 Å². The number of halogens is 3. The van der Waals surface area contributed by atoms with Crippen LogP contribution in [0.4, 0.5) is 20.2 Å². The van der Waals surface area contributed by atoms with Gasteiger partial charge in [-0.1, -0.05) is 0 Å². The molecule has 0 aliphatic heterocycles. The van der Waals surface area contributed by atoms with Gasteiger partial charge in [0.25, 0.3) is 0 Å². The van der Waals surface area contributed by atoms with Gasteiger partial charge in [-0.3, -0.25) is 0 Å². The molecule has 2 nitrogen and oxygen atoms in total. The van der Waals surface area contributed by atoms with Gasteiger partial charge >= 0.3 is 0 Å². The van der Waals surface area contributed by atoms with Gasteiger partial charge in [-0.05, 0) is 28.7 Å². The third-order valence-corrected chi connectivity index (χ3v) is 2.15. The van der Waals surface area contributed by atoms with Crippen molar-refractivity contribution in [2.45, 2.75) is 0 Å². The van der Waals surface area contributed by atoms with Gasteiger partial charge < -0.3 is 11.5 Å². The summed E-state index contributed by atoms with van der Waals surface area (Å²) in [5, 5.41) is 0. The molecule has 11 heavy (non-hydrogen) atoms. The Morgan fingerprint density at radius 1 is 1.09 bits per heavy atom. The van der Waals surface area contributed by atoms with Crippen molar-refractivity contribution in [1.82, 2.24) is 0 Å². The van der Waals surface area contributed by atoms with Crippen LogP contribution in [0.1, 0.15) is 0 Å². The van der Waals surface area contributed by atoms with Gasteiger partial charge in [0.1, 0.15) is 0 Å². The first-order chi connectivity index (χ1) is 5.04.